The largest absolute Gasteiger partial charge is 0.299 e. The van der Waals surface area contributed by atoms with Gasteiger partial charge in [-0.15, -0.1) is 0 Å². The Labute approximate surface area is 128 Å². The van der Waals surface area contributed by atoms with Crippen LogP contribution in [0.5, 0.6) is 0 Å². The summed E-state index contributed by atoms with van der Waals surface area (Å²) in [4.78, 5) is 12.8. The first-order chi connectivity index (χ1) is 10.3. The van der Waals surface area contributed by atoms with Gasteiger partial charge in [0.1, 0.15) is 5.78 Å². The van der Waals surface area contributed by atoms with Gasteiger partial charge >= 0.3 is 0 Å². The van der Waals surface area contributed by atoms with Crippen molar-refractivity contribution in [2.75, 3.05) is 0 Å². The third kappa shape index (κ3) is 1.51. The summed E-state index contributed by atoms with van der Waals surface area (Å²) in [6.07, 6.45) is 13.0. The highest BCUT2D eigenvalue weighted by Crippen LogP contribution is 2.65. The Morgan fingerprint density at radius 1 is 0.571 bits per heavy atom. The summed E-state index contributed by atoms with van der Waals surface area (Å²) in [5, 5.41) is 0. The summed E-state index contributed by atoms with van der Waals surface area (Å²) in [6, 6.07) is 0. The van der Waals surface area contributed by atoms with Crippen molar-refractivity contribution >= 4 is 5.78 Å². The van der Waals surface area contributed by atoms with Crippen LogP contribution < -0.4 is 0 Å². The lowest BCUT2D eigenvalue weighted by Crippen LogP contribution is -2.58. The van der Waals surface area contributed by atoms with Crippen LogP contribution in [-0.4, -0.2) is 5.78 Å². The van der Waals surface area contributed by atoms with E-state index in [1.165, 1.54) is 51.4 Å². The molecule has 1 nitrogen and oxygen atoms in total. The van der Waals surface area contributed by atoms with Crippen LogP contribution in [0.4, 0.5) is 0 Å². The van der Waals surface area contributed by atoms with Gasteiger partial charge in [0.05, 0.1) is 0 Å². The van der Waals surface area contributed by atoms with Gasteiger partial charge in [0, 0.05) is 11.8 Å². The van der Waals surface area contributed by atoms with E-state index in [1.54, 1.807) is 6.42 Å². The van der Waals surface area contributed by atoms with Crippen LogP contribution in [-0.2, 0) is 4.79 Å². The van der Waals surface area contributed by atoms with E-state index in [9.17, 15) is 4.79 Å². The van der Waals surface area contributed by atoms with Gasteiger partial charge in [0.15, 0.2) is 0 Å². The minimum Gasteiger partial charge on any atom is -0.299 e. The lowest BCUT2D eigenvalue weighted by Gasteiger charge is -2.62. The average molecular weight is 284 g/mol. The van der Waals surface area contributed by atoms with E-state index in [2.05, 4.69) is 0 Å². The maximum atomic E-state index is 12.8. The number of carbonyl (C=O) groups is 1. The van der Waals surface area contributed by atoms with Crippen LogP contribution in [0.25, 0.3) is 0 Å². The molecule has 0 aromatic carbocycles. The van der Waals surface area contributed by atoms with E-state index >= 15 is 0 Å². The van der Waals surface area contributed by atoms with Crippen LogP contribution in [0.1, 0.15) is 57.8 Å². The summed E-state index contributed by atoms with van der Waals surface area (Å²) in [6.45, 7) is 0. The second kappa shape index (κ2) is 3.95. The Bertz CT molecular complexity index is 466. The van der Waals surface area contributed by atoms with E-state index in [0.29, 0.717) is 11.8 Å². The fourth-order valence-electron chi connectivity index (χ4n) is 8.86. The molecule has 0 heterocycles. The number of fused-ring (bicyclic) bond motifs is 1. The summed E-state index contributed by atoms with van der Waals surface area (Å²) >= 11 is 0. The average Bonchev–Trinajstić information content (AvgIpc) is 2.45. The molecule has 1 heteroatoms. The molecule has 0 spiro atoms. The predicted octanol–water partition coefficient (Wildman–Crippen LogP) is 4.31. The molecular weight excluding hydrogens is 256 g/mol. The number of hydrogen-bond donors (Lipinski definition) is 0. The van der Waals surface area contributed by atoms with E-state index < -0.39 is 0 Å². The molecule has 114 valence electrons. The molecule has 0 aromatic heterocycles. The summed E-state index contributed by atoms with van der Waals surface area (Å²) in [5.74, 6) is 9.64. The summed E-state index contributed by atoms with van der Waals surface area (Å²) < 4.78 is 0. The van der Waals surface area contributed by atoms with Crippen LogP contribution in [0.15, 0.2) is 0 Å². The second-order valence-corrected chi connectivity index (χ2v) is 9.86. The van der Waals surface area contributed by atoms with Crippen molar-refractivity contribution in [1.82, 2.24) is 0 Å². The lowest BCUT2D eigenvalue weighted by molar-refractivity contribution is -0.163. The Balaban J connectivity index is 1.37. The summed E-state index contributed by atoms with van der Waals surface area (Å²) in [7, 11) is 0. The lowest BCUT2D eigenvalue weighted by atomic mass is 9.42. The molecule has 8 aliphatic rings. The van der Waals surface area contributed by atoms with Crippen molar-refractivity contribution in [3.63, 3.8) is 0 Å². The highest BCUT2D eigenvalue weighted by atomic mass is 16.1. The van der Waals surface area contributed by atoms with Gasteiger partial charge in [-0.3, -0.25) is 4.79 Å². The Hall–Kier alpha value is -0.330. The number of hydrogen-bond acceptors (Lipinski definition) is 1. The zero-order valence-electron chi connectivity index (χ0n) is 13.0. The molecular formula is C20H28O. The topological polar surface area (TPSA) is 17.1 Å². The molecule has 0 saturated heterocycles. The summed E-state index contributed by atoms with van der Waals surface area (Å²) in [5.41, 5.74) is 0. The standard InChI is InChI=1S/C20H28O/c21-20-16-7-12-6-15(9-16)19(17(20)8-12)18-13-2-10-1-11(4-13)5-14(18)3-10/h10-19H,1-9H2/t10?,11?,12-,13?,14?,15+,16-,17+,18?,19-/m0/s1. The van der Waals surface area contributed by atoms with Gasteiger partial charge in [-0.2, -0.15) is 0 Å². The smallest absolute Gasteiger partial charge is 0.139 e. The predicted molar refractivity (Wildman–Crippen MR) is 81.5 cm³/mol. The maximum absolute atomic E-state index is 12.8. The van der Waals surface area contributed by atoms with Crippen molar-refractivity contribution < 1.29 is 4.79 Å². The SMILES string of the molecule is O=C1[C@H]2C[C@@H]3C[C@H](C2)[C@H](C2C4CC5CC(C4)CC2C5)[C@H]1C3. The molecule has 8 saturated carbocycles. The van der Waals surface area contributed by atoms with Gasteiger partial charge in [-0.05, 0) is 105 Å². The molecule has 8 fully saturated rings. The minimum atomic E-state index is 0.501. The monoisotopic (exact) mass is 284 g/mol. The van der Waals surface area contributed by atoms with Gasteiger partial charge in [0.25, 0.3) is 0 Å². The van der Waals surface area contributed by atoms with E-state index in [0.717, 1.165) is 53.1 Å². The highest BCUT2D eigenvalue weighted by Gasteiger charge is 2.59. The van der Waals surface area contributed by atoms with Crippen LogP contribution in [0.3, 0.4) is 0 Å². The minimum absolute atomic E-state index is 0.501. The van der Waals surface area contributed by atoms with Gasteiger partial charge < -0.3 is 0 Å². The molecule has 8 bridgehead atoms. The maximum Gasteiger partial charge on any atom is 0.139 e. The zero-order valence-corrected chi connectivity index (χ0v) is 13.0. The number of ketones is 1. The first-order valence-corrected chi connectivity index (χ1v) is 9.80. The Morgan fingerprint density at radius 3 is 1.81 bits per heavy atom. The first kappa shape index (κ1) is 12.1. The molecule has 0 aliphatic heterocycles. The van der Waals surface area contributed by atoms with Gasteiger partial charge in [-0.25, -0.2) is 0 Å². The molecule has 21 heavy (non-hydrogen) atoms. The molecule has 8 rings (SSSR count). The van der Waals surface area contributed by atoms with Crippen molar-refractivity contribution in [3.05, 3.63) is 0 Å². The van der Waals surface area contributed by atoms with E-state index in [1.807, 2.05) is 0 Å². The van der Waals surface area contributed by atoms with Crippen molar-refractivity contribution in [2.24, 2.45) is 59.2 Å². The number of rotatable bonds is 1. The third-order valence-corrected chi connectivity index (χ3v) is 8.95. The first-order valence-electron chi connectivity index (χ1n) is 9.80. The molecule has 0 aromatic rings. The fourth-order valence-corrected chi connectivity index (χ4v) is 8.86. The van der Waals surface area contributed by atoms with Crippen molar-refractivity contribution in [2.45, 2.75) is 57.8 Å². The van der Waals surface area contributed by atoms with Crippen molar-refractivity contribution in [1.29, 1.82) is 0 Å². The Morgan fingerprint density at radius 2 is 1.14 bits per heavy atom. The van der Waals surface area contributed by atoms with E-state index in [-0.39, 0.29) is 0 Å². The molecule has 0 radical (unpaired) electrons. The molecule has 0 unspecified atom stereocenters. The number of carbonyl (C=O) groups excluding carboxylic acids is 1. The van der Waals surface area contributed by atoms with Crippen LogP contribution >= 0.6 is 0 Å². The third-order valence-electron chi connectivity index (χ3n) is 8.95. The normalized spacial score (nSPS) is 63.5. The second-order valence-electron chi connectivity index (χ2n) is 9.86. The number of Topliss-reactive ketones (excluding diaryl/α,β-unsaturated/α-hetero) is 1. The Kier molecular flexibility index (Phi) is 2.28. The molecule has 5 atom stereocenters. The molecule has 8 aliphatic carbocycles. The zero-order chi connectivity index (χ0) is 13.7. The van der Waals surface area contributed by atoms with Gasteiger partial charge in [0.2, 0.25) is 0 Å². The molecule has 0 amide bonds. The van der Waals surface area contributed by atoms with E-state index in [4.69, 9.17) is 0 Å². The van der Waals surface area contributed by atoms with Crippen LogP contribution in [0, 0.1) is 59.2 Å². The van der Waals surface area contributed by atoms with Crippen LogP contribution in [0.2, 0.25) is 0 Å². The molecule has 0 N–H and O–H groups in total. The van der Waals surface area contributed by atoms with Gasteiger partial charge in [-0.1, -0.05) is 0 Å². The quantitative estimate of drug-likeness (QED) is 0.701. The highest BCUT2D eigenvalue weighted by molar-refractivity contribution is 5.85. The van der Waals surface area contributed by atoms with Crippen molar-refractivity contribution in [3.8, 4) is 0 Å². The fraction of sp³-hybridized carbons (Fsp3) is 0.950.